The lowest BCUT2D eigenvalue weighted by atomic mass is 10.2. The van der Waals surface area contributed by atoms with Crippen LogP contribution in [0.2, 0.25) is 0 Å². The quantitative estimate of drug-likeness (QED) is 0.788. The van der Waals surface area contributed by atoms with Gasteiger partial charge in [0.2, 0.25) is 0 Å². The van der Waals surface area contributed by atoms with Gasteiger partial charge in [-0.1, -0.05) is 0 Å². The van der Waals surface area contributed by atoms with E-state index < -0.39 is 23.4 Å². The number of aromatic nitrogens is 1. The fourth-order valence-electron chi connectivity index (χ4n) is 2.08. The van der Waals surface area contributed by atoms with Crippen LogP contribution in [0.4, 0.5) is 15.3 Å². The molecule has 0 radical (unpaired) electrons. The lowest BCUT2D eigenvalue weighted by molar-refractivity contribution is 0.0431. The van der Waals surface area contributed by atoms with E-state index >= 15 is 0 Å². The maximum atomic E-state index is 12.6. The highest BCUT2D eigenvalue weighted by Gasteiger charge is 2.32. The van der Waals surface area contributed by atoms with Gasteiger partial charge in [-0.15, -0.1) is 0 Å². The largest absolute Gasteiger partial charge is 0.443 e. The Bertz CT molecular complexity index is 728. The number of amides is 2. The number of aromatic amines is 1. The molecule has 0 saturated heterocycles. The predicted molar refractivity (Wildman–Crippen MR) is 95.4 cm³/mol. The van der Waals surface area contributed by atoms with Gasteiger partial charge in [0.05, 0.1) is 5.69 Å². The van der Waals surface area contributed by atoms with Crippen molar-refractivity contribution in [2.75, 3.05) is 4.90 Å². The maximum absolute atomic E-state index is 12.6. The van der Waals surface area contributed by atoms with Crippen molar-refractivity contribution in [2.45, 2.75) is 52.7 Å². The Balaban J connectivity index is 0.00000312. The highest BCUT2D eigenvalue weighted by Crippen LogP contribution is 2.25. The Morgan fingerprint density at radius 2 is 1.50 bits per heavy atom. The van der Waals surface area contributed by atoms with Gasteiger partial charge in [-0.3, -0.25) is 0 Å². The molecule has 0 atom stereocenters. The minimum absolute atomic E-state index is 0. The molecule has 0 fully saturated rings. The number of nitrogens with one attached hydrogen (secondary N) is 1. The summed E-state index contributed by atoms with van der Waals surface area (Å²) in [5, 5.41) is 0.879. The van der Waals surface area contributed by atoms with Gasteiger partial charge in [0.25, 0.3) is 0 Å². The summed E-state index contributed by atoms with van der Waals surface area (Å²) in [6, 6.07) is 7.07. The minimum atomic E-state index is -0.772. The number of hydrogen-bond acceptors (Lipinski definition) is 4. The fraction of sp³-hybridized carbons (Fsp3) is 0.444. The predicted octanol–water partition coefficient (Wildman–Crippen LogP) is 5.09. The molecule has 6 heteroatoms. The summed E-state index contributed by atoms with van der Waals surface area (Å²) >= 11 is 0. The lowest BCUT2D eigenvalue weighted by Crippen LogP contribution is -2.43. The third kappa shape index (κ3) is 4.50. The third-order valence-electron chi connectivity index (χ3n) is 2.95. The molecular formula is C18H26N2O4. The average Bonchev–Trinajstić information content (AvgIpc) is 2.81. The van der Waals surface area contributed by atoms with Crippen molar-refractivity contribution in [3.8, 4) is 0 Å². The van der Waals surface area contributed by atoms with E-state index in [-0.39, 0.29) is 1.43 Å². The van der Waals surface area contributed by atoms with Crippen LogP contribution in [0.15, 0.2) is 30.5 Å². The number of H-pyrrole nitrogens is 1. The highest BCUT2D eigenvalue weighted by atomic mass is 16.6. The van der Waals surface area contributed by atoms with Gasteiger partial charge in [0, 0.05) is 18.5 Å². The van der Waals surface area contributed by atoms with Crippen molar-refractivity contribution in [3.63, 3.8) is 0 Å². The van der Waals surface area contributed by atoms with Crippen LogP contribution < -0.4 is 4.90 Å². The Morgan fingerprint density at radius 3 is 2.00 bits per heavy atom. The molecule has 1 aromatic heterocycles. The van der Waals surface area contributed by atoms with Crippen LogP contribution in [0, 0.1) is 0 Å². The van der Waals surface area contributed by atoms with E-state index in [0.717, 1.165) is 15.8 Å². The zero-order valence-corrected chi connectivity index (χ0v) is 15.0. The summed E-state index contributed by atoms with van der Waals surface area (Å²) in [6.45, 7) is 10.5. The van der Waals surface area contributed by atoms with E-state index in [9.17, 15) is 9.59 Å². The first-order valence-electron chi connectivity index (χ1n) is 7.79. The molecule has 1 heterocycles. The minimum Gasteiger partial charge on any atom is -0.443 e. The van der Waals surface area contributed by atoms with E-state index in [1.165, 1.54) is 0 Å². The number of carbonyl (C=O) groups is 2. The molecule has 0 aliphatic carbocycles. The van der Waals surface area contributed by atoms with Crippen LogP contribution in [0.5, 0.6) is 0 Å². The number of rotatable bonds is 1. The Morgan fingerprint density at radius 1 is 0.958 bits per heavy atom. The van der Waals surface area contributed by atoms with Crippen LogP contribution in [0.25, 0.3) is 10.9 Å². The number of ether oxygens (including phenoxy) is 2. The van der Waals surface area contributed by atoms with Gasteiger partial charge in [0.1, 0.15) is 11.2 Å². The second kappa shape index (κ2) is 6.19. The van der Waals surface area contributed by atoms with E-state index in [1.807, 2.05) is 6.07 Å². The SMILES string of the molecule is CC(C)(C)OC(=O)N(C(=O)OC(C)(C)C)c1ccc2[nH]ccc2c1.[HH]. The van der Waals surface area contributed by atoms with Crippen LogP contribution in [-0.4, -0.2) is 28.4 Å². The van der Waals surface area contributed by atoms with Gasteiger partial charge >= 0.3 is 12.2 Å². The molecule has 6 nitrogen and oxygen atoms in total. The van der Waals surface area contributed by atoms with E-state index in [0.29, 0.717) is 5.69 Å². The third-order valence-corrected chi connectivity index (χ3v) is 2.95. The summed E-state index contributed by atoms with van der Waals surface area (Å²) in [7, 11) is 0. The first-order valence-corrected chi connectivity index (χ1v) is 7.79. The van der Waals surface area contributed by atoms with Gasteiger partial charge in [-0.25, -0.2) is 9.59 Å². The molecular weight excluding hydrogens is 308 g/mol. The van der Waals surface area contributed by atoms with E-state index in [1.54, 1.807) is 65.9 Å². The van der Waals surface area contributed by atoms with Gasteiger partial charge in [0.15, 0.2) is 0 Å². The molecule has 2 aromatic rings. The van der Waals surface area contributed by atoms with Crippen LogP contribution in [0.3, 0.4) is 0 Å². The Hall–Kier alpha value is -2.50. The van der Waals surface area contributed by atoms with Crippen molar-refractivity contribution in [1.29, 1.82) is 0 Å². The maximum Gasteiger partial charge on any atom is 0.424 e. The first-order chi connectivity index (χ1) is 11.0. The number of hydrogen-bond donors (Lipinski definition) is 1. The molecule has 2 amide bonds. The number of carbonyl (C=O) groups excluding carboxylic acids is 2. The fourth-order valence-corrected chi connectivity index (χ4v) is 2.08. The summed E-state index contributed by atoms with van der Waals surface area (Å²) in [5.41, 5.74) is -0.150. The number of imide groups is 1. The van der Waals surface area contributed by atoms with Crippen LogP contribution >= 0.6 is 0 Å². The number of benzene rings is 1. The number of nitrogens with zero attached hydrogens (tertiary/aromatic N) is 1. The zero-order valence-electron chi connectivity index (χ0n) is 15.0. The van der Waals surface area contributed by atoms with Gasteiger partial charge in [-0.2, -0.15) is 4.90 Å². The van der Waals surface area contributed by atoms with Crippen LogP contribution in [-0.2, 0) is 9.47 Å². The van der Waals surface area contributed by atoms with Gasteiger partial charge < -0.3 is 14.5 Å². The second-order valence-corrected chi connectivity index (χ2v) is 7.55. The first kappa shape index (κ1) is 17.8. The average molecular weight is 334 g/mol. The zero-order chi connectivity index (χ0) is 18.1. The Labute approximate surface area is 143 Å². The van der Waals surface area contributed by atoms with Crippen LogP contribution in [0.1, 0.15) is 43.0 Å². The highest BCUT2D eigenvalue weighted by molar-refractivity contribution is 6.10. The van der Waals surface area contributed by atoms with Crippen molar-refractivity contribution < 1.29 is 20.5 Å². The molecule has 2 rings (SSSR count). The van der Waals surface area contributed by atoms with Crippen molar-refractivity contribution >= 4 is 28.8 Å². The molecule has 0 bridgehead atoms. The molecule has 0 aliphatic heterocycles. The number of fused-ring (bicyclic) bond motifs is 1. The standard InChI is InChI=1S/C18H24N2O4.H2/c1-17(2,3)23-15(21)20(16(22)24-18(4,5)6)13-7-8-14-12(11-13)9-10-19-14;/h7-11,19H,1-6H3;1H. The van der Waals surface area contributed by atoms with Crippen molar-refractivity contribution in [1.82, 2.24) is 4.98 Å². The monoisotopic (exact) mass is 334 g/mol. The normalized spacial score (nSPS) is 12.1. The second-order valence-electron chi connectivity index (χ2n) is 7.55. The topological polar surface area (TPSA) is 71.6 Å². The van der Waals surface area contributed by atoms with Gasteiger partial charge in [-0.05, 0) is 65.8 Å². The summed E-state index contributed by atoms with van der Waals surface area (Å²) in [5.74, 6) is 0. The molecule has 0 spiro atoms. The molecule has 24 heavy (non-hydrogen) atoms. The summed E-state index contributed by atoms with van der Waals surface area (Å²) in [6.07, 6.45) is 0.248. The van der Waals surface area contributed by atoms with E-state index in [2.05, 4.69) is 4.98 Å². The van der Waals surface area contributed by atoms with E-state index in [4.69, 9.17) is 9.47 Å². The summed E-state index contributed by atoms with van der Waals surface area (Å²) in [4.78, 5) is 29.1. The molecule has 1 N–H and O–H groups in total. The summed E-state index contributed by atoms with van der Waals surface area (Å²) < 4.78 is 10.7. The molecule has 132 valence electrons. The van der Waals surface area contributed by atoms with Crippen molar-refractivity contribution in [3.05, 3.63) is 30.5 Å². The van der Waals surface area contributed by atoms with Crippen molar-refractivity contribution in [2.24, 2.45) is 0 Å². The smallest absolute Gasteiger partial charge is 0.424 e. The molecule has 0 aliphatic rings. The number of anilines is 1. The molecule has 0 unspecified atom stereocenters. The molecule has 0 saturated carbocycles. The molecule has 1 aromatic carbocycles. The lowest BCUT2D eigenvalue weighted by Gasteiger charge is -2.28. The Kier molecular flexibility index (Phi) is 4.60.